The van der Waals surface area contributed by atoms with Gasteiger partial charge in [0, 0.05) is 10.8 Å². The van der Waals surface area contributed by atoms with Crippen LogP contribution in [0.15, 0.2) is 18.2 Å². The second kappa shape index (κ2) is 4.56. The number of aryl methyl sites for hydroxylation is 1. The molecule has 1 unspecified atom stereocenters. The zero-order valence-corrected chi connectivity index (χ0v) is 9.27. The first-order valence-electron chi connectivity index (χ1n) is 4.54. The second-order valence-electron chi connectivity index (χ2n) is 3.11. The van der Waals surface area contributed by atoms with E-state index in [4.69, 9.17) is 4.74 Å². The van der Waals surface area contributed by atoms with Crippen LogP contribution in [0.4, 0.5) is 0 Å². The van der Waals surface area contributed by atoms with E-state index in [0.717, 1.165) is 12.2 Å². The van der Waals surface area contributed by atoms with Gasteiger partial charge in [0.25, 0.3) is 0 Å². The van der Waals surface area contributed by atoms with Crippen LogP contribution in [-0.2, 0) is 6.42 Å². The highest BCUT2D eigenvalue weighted by molar-refractivity contribution is 7.80. The smallest absolute Gasteiger partial charge is 0.123 e. The van der Waals surface area contributed by atoms with Crippen LogP contribution in [0.5, 0.6) is 5.75 Å². The Bertz CT molecular complexity index is 281. The number of thiol groups is 1. The molecule has 1 atom stereocenters. The van der Waals surface area contributed by atoms with Gasteiger partial charge < -0.3 is 4.74 Å². The first-order chi connectivity index (χ1) is 6.19. The number of ether oxygens (including phenoxy) is 1. The van der Waals surface area contributed by atoms with Crippen LogP contribution in [0.1, 0.15) is 30.2 Å². The predicted molar refractivity (Wildman–Crippen MR) is 59.8 cm³/mol. The first kappa shape index (κ1) is 10.5. The van der Waals surface area contributed by atoms with Gasteiger partial charge in [-0.05, 0) is 25.0 Å². The number of rotatable bonds is 3. The maximum atomic E-state index is 5.26. The number of methoxy groups -OCH3 is 1. The molecule has 0 amide bonds. The summed E-state index contributed by atoms with van der Waals surface area (Å²) in [5, 5.41) is 0.224. The quantitative estimate of drug-likeness (QED) is 0.730. The van der Waals surface area contributed by atoms with Crippen molar-refractivity contribution in [2.45, 2.75) is 25.5 Å². The highest BCUT2D eigenvalue weighted by Gasteiger charge is 2.07. The van der Waals surface area contributed by atoms with Gasteiger partial charge in [0.15, 0.2) is 0 Å². The van der Waals surface area contributed by atoms with Crippen LogP contribution in [-0.4, -0.2) is 7.11 Å². The SMILES string of the molecule is CCc1ccc(OC)c(C(C)S)c1. The summed E-state index contributed by atoms with van der Waals surface area (Å²) >= 11 is 4.42. The molecule has 0 spiro atoms. The summed E-state index contributed by atoms with van der Waals surface area (Å²) < 4.78 is 5.26. The highest BCUT2D eigenvalue weighted by Crippen LogP contribution is 2.29. The van der Waals surface area contributed by atoms with Gasteiger partial charge in [0.05, 0.1) is 7.11 Å². The largest absolute Gasteiger partial charge is 0.496 e. The molecule has 1 aromatic carbocycles. The molecule has 0 saturated heterocycles. The van der Waals surface area contributed by atoms with Crippen molar-refractivity contribution in [1.82, 2.24) is 0 Å². The third kappa shape index (κ3) is 2.41. The van der Waals surface area contributed by atoms with E-state index < -0.39 is 0 Å². The Morgan fingerprint density at radius 3 is 2.62 bits per heavy atom. The van der Waals surface area contributed by atoms with E-state index in [1.165, 1.54) is 11.1 Å². The third-order valence-corrected chi connectivity index (χ3v) is 2.43. The van der Waals surface area contributed by atoms with E-state index in [0.29, 0.717) is 0 Å². The van der Waals surface area contributed by atoms with E-state index in [9.17, 15) is 0 Å². The Labute approximate surface area is 85.5 Å². The van der Waals surface area contributed by atoms with Gasteiger partial charge in [-0.2, -0.15) is 12.6 Å². The molecule has 0 heterocycles. The van der Waals surface area contributed by atoms with Gasteiger partial charge in [0.1, 0.15) is 5.75 Å². The zero-order valence-electron chi connectivity index (χ0n) is 8.37. The van der Waals surface area contributed by atoms with Crippen molar-refractivity contribution in [2.75, 3.05) is 7.11 Å². The van der Waals surface area contributed by atoms with Gasteiger partial charge in [-0.15, -0.1) is 0 Å². The van der Waals surface area contributed by atoms with Gasteiger partial charge in [-0.25, -0.2) is 0 Å². The summed E-state index contributed by atoms with van der Waals surface area (Å²) in [6, 6.07) is 6.27. The summed E-state index contributed by atoms with van der Waals surface area (Å²) in [6.07, 6.45) is 1.05. The first-order valence-corrected chi connectivity index (χ1v) is 5.05. The van der Waals surface area contributed by atoms with Crippen LogP contribution in [0.2, 0.25) is 0 Å². The van der Waals surface area contributed by atoms with E-state index >= 15 is 0 Å². The fourth-order valence-corrected chi connectivity index (χ4v) is 1.53. The lowest BCUT2D eigenvalue weighted by molar-refractivity contribution is 0.410. The Morgan fingerprint density at radius 1 is 1.46 bits per heavy atom. The molecule has 1 rings (SSSR count). The molecule has 0 fully saturated rings. The predicted octanol–water partition coefficient (Wildman–Crippen LogP) is 3.25. The van der Waals surface area contributed by atoms with Crippen LogP contribution in [0.3, 0.4) is 0 Å². The lowest BCUT2D eigenvalue weighted by Gasteiger charge is -2.12. The molecule has 2 heteroatoms. The molecule has 0 bridgehead atoms. The Balaban J connectivity index is 3.10. The molecule has 13 heavy (non-hydrogen) atoms. The number of hydrogen-bond donors (Lipinski definition) is 1. The summed E-state index contributed by atoms with van der Waals surface area (Å²) in [4.78, 5) is 0. The molecule has 0 aliphatic heterocycles. The summed E-state index contributed by atoms with van der Waals surface area (Å²) in [5.41, 5.74) is 2.50. The van der Waals surface area contributed by atoms with Gasteiger partial charge >= 0.3 is 0 Å². The molecule has 0 aliphatic rings. The molecule has 0 aromatic heterocycles. The van der Waals surface area contributed by atoms with Gasteiger partial charge in [-0.1, -0.05) is 19.1 Å². The summed E-state index contributed by atoms with van der Waals surface area (Å²) in [7, 11) is 1.70. The fourth-order valence-electron chi connectivity index (χ4n) is 1.33. The maximum Gasteiger partial charge on any atom is 0.123 e. The lowest BCUT2D eigenvalue weighted by atomic mass is 10.1. The van der Waals surface area contributed by atoms with Crippen molar-refractivity contribution >= 4 is 12.6 Å². The normalized spacial score (nSPS) is 12.6. The standard InChI is InChI=1S/C11H16OS/c1-4-9-5-6-11(12-3)10(7-9)8(2)13/h5-8,13H,4H2,1-3H3. The van der Waals surface area contributed by atoms with Crippen LogP contribution >= 0.6 is 12.6 Å². The minimum atomic E-state index is 0.224. The lowest BCUT2D eigenvalue weighted by Crippen LogP contribution is -1.94. The fraction of sp³-hybridized carbons (Fsp3) is 0.455. The van der Waals surface area contributed by atoms with Crippen molar-refractivity contribution < 1.29 is 4.74 Å². The Hall–Kier alpha value is -0.630. The van der Waals surface area contributed by atoms with E-state index in [1.807, 2.05) is 6.07 Å². The summed E-state index contributed by atoms with van der Waals surface area (Å²) in [5.74, 6) is 0.930. The molecule has 0 N–H and O–H groups in total. The highest BCUT2D eigenvalue weighted by atomic mass is 32.1. The molecule has 0 aliphatic carbocycles. The average molecular weight is 196 g/mol. The molecule has 1 aromatic rings. The van der Waals surface area contributed by atoms with Crippen molar-refractivity contribution in [1.29, 1.82) is 0 Å². The van der Waals surface area contributed by atoms with Crippen LogP contribution in [0.25, 0.3) is 0 Å². The molecular weight excluding hydrogens is 180 g/mol. The van der Waals surface area contributed by atoms with Crippen molar-refractivity contribution in [3.8, 4) is 5.75 Å². The Kier molecular flexibility index (Phi) is 3.67. The molecule has 0 saturated carbocycles. The van der Waals surface area contributed by atoms with E-state index in [2.05, 4.69) is 38.6 Å². The number of hydrogen-bond acceptors (Lipinski definition) is 2. The molecule has 72 valence electrons. The second-order valence-corrected chi connectivity index (χ2v) is 3.88. The van der Waals surface area contributed by atoms with Crippen LogP contribution in [0, 0.1) is 0 Å². The van der Waals surface area contributed by atoms with Gasteiger partial charge in [0.2, 0.25) is 0 Å². The third-order valence-electron chi connectivity index (χ3n) is 2.15. The minimum Gasteiger partial charge on any atom is -0.496 e. The van der Waals surface area contributed by atoms with Crippen molar-refractivity contribution in [3.63, 3.8) is 0 Å². The maximum absolute atomic E-state index is 5.26. The Morgan fingerprint density at radius 2 is 2.15 bits per heavy atom. The minimum absolute atomic E-state index is 0.224. The average Bonchev–Trinajstić information content (AvgIpc) is 2.16. The monoisotopic (exact) mass is 196 g/mol. The topological polar surface area (TPSA) is 9.23 Å². The summed E-state index contributed by atoms with van der Waals surface area (Å²) in [6.45, 7) is 4.20. The van der Waals surface area contributed by atoms with Crippen molar-refractivity contribution in [3.05, 3.63) is 29.3 Å². The zero-order chi connectivity index (χ0) is 9.84. The molecule has 0 radical (unpaired) electrons. The van der Waals surface area contributed by atoms with Gasteiger partial charge in [-0.3, -0.25) is 0 Å². The van der Waals surface area contributed by atoms with Crippen LogP contribution < -0.4 is 4.74 Å². The van der Waals surface area contributed by atoms with E-state index in [1.54, 1.807) is 7.11 Å². The molecular formula is C11H16OS. The number of benzene rings is 1. The molecule has 1 nitrogen and oxygen atoms in total. The van der Waals surface area contributed by atoms with Crippen molar-refractivity contribution in [2.24, 2.45) is 0 Å². The van der Waals surface area contributed by atoms with E-state index in [-0.39, 0.29) is 5.25 Å².